The van der Waals surface area contributed by atoms with Crippen LogP contribution in [0.1, 0.15) is 213 Å². The largest absolute Gasteiger partial charge is 0.394 e. The van der Waals surface area contributed by atoms with Crippen molar-refractivity contribution in [3.8, 4) is 0 Å². The molecular formula is C39H77NO3. The zero-order valence-corrected chi connectivity index (χ0v) is 29.2. The van der Waals surface area contributed by atoms with E-state index < -0.39 is 12.1 Å². The van der Waals surface area contributed by atoms with Gasteiger partial charge in [-0.05, 0) is 38.5 Å². The summed E-state index contributed by atoms with van der Waals surface area (Å²) >= 11 is 0. The van der Waals surface area contributed by atoms with Gasteiger partial charge in [0.1, 0.15) is 0 Å². The molecule has 0 rings (SSSR count). The van der Waals surface area contributed by atoms with Gasteiger partial charge in [-0.3, -0.25) is 4.79 Å². The van der Waals surface area contributed by atoms with Gasteiger partial charge in [0.15, 0.2) is 0 Å². The Bertz CT molecular complexity index is 579. The molecule has 0 fully saturated rings. The highest BCUT2D eigenvalue weighted by Crippen LogP contribution is 2.15. The second-order valence-electron chi connectivity index (χ2n) is 13.4. The third kappa shape index (κ3) is 32.3. The molecule has 43 heavy (non-hydrogen) atoms. The van der Waals surface area contributed by atoms with E-state index in [4.69, 9.17) is 0 Å². The first-order valence-corrected chi connectivity index (χ1v) is 19.4. The summed E-state index contributed by atoms with van der Waals surface area (Å²) in [7, 11) is 0. The fraction of sp³-hybridized carbons (Fsp3) is 0.923. The lowest BCUT2D eigenvalue weighted by Gasteiger charge is -2.22. The Balaban J connectivity index is 3.55. The van der Waals surface area contributed by atoms with E-state index in [1.165, 1.54) is 161 Å². The van der Waals surface area contributed by atoms with Crippen LogP contribution in [0.4, 0.5) is 0 Å². The van der Waals surface area contributed by atoms with Crippen molar-refractivity contribution in [3.05, 3.63) is 12.2 Å². The number of carbonyl (C=O) groups excluding carboxylic acids is 1. The molecular weight excluding hydrogens is 530 g/mol. The van der Waals surface area contributed by atoms with Gasteiger partial charge in [-0.25, -0.2) is 0 Å². The molecule has 0 aliphatic heterocycles. The van der Waals surface area contributed by atoms with Gasteiger partial charge in [0.25, 0.3) is 0 Å². The summed E-state index contributed by atoms with van der Waals surface area (Å²) in [5, 5.41) is 23.1. The smallest absolute Gasteiger partial charge is 0.220 e. The zero-order chi connectivity index (χ0) is 31.5. The summed E-state index contributed by atoms with van der Waals surface area (Å²) in [6.45, 7) is 4.35. The molecule has 4 heteroatoms. The molecule has 0 saturated carbocycles. The Labute approximate surface area is 269 Å². The maximum absolute atomic E-state index is 12.3. The average Bonchev–Trinajstić information content (AvgIpc) is 3.01. The topological polar surface area (TPSA) is 69.6 Å². The van der Waals surface area contributed by atoms with Gasteiger partial charge in [0.2, 0.25) is 5.91 Å². The minimum atomic E-state index is -0.658. The van der Waals surface area contributed by atoms with E-state index in [0.717, 1.165) is 25.7 Å². The van der Waals surface area contributed by atoms with E-state index in [9.17, 15) is 15.0 Å². The summed E-state index contributed by atoms with van der Waals surface area (Å²) in [5.41, 5.74) is 0. The number of hydrogen-bond donors (Lipinski definition) is 3. The zero-order valence-electron chi connectivity index (χ0n) is 29.2. The Morgan fingerprint density at radius 3 is 1.28 bits per heavy atom. The van der Waals surface area contributed by atoms with Crippen LogP contribution in [0.2, 0.25) is 0 Å². The van der Waals surface area contributed by atoms with Crippen molar-refractivity contribution in [2.45, 2.75) is 225 Å². The summed E-state index contributed by atoms with van der Waals surface area (Å²) in [4.78, 5) is 12.3. The van der Waals surface area contributed by atoms with Crippen molar-refractivity contribution in [3.63, 3.8) is 0 Å². The summed E-state index contributed by atoms with van der Waals surface area (Å²) in [6.07, 6.45) is 42.7. The molecule has 0 radical (unpaired) electrons. The van der Waals surface area contributed by atoms with Crippen LogP contribution in [-0.4, -0.2) is 34.9 Å². The van der Waals surface area contributed by atoms with Crippen LogP contribution in [0.3, 0.4) is 0 Å². The van der Waals surface area contributed by atoms with E-state index in [2.05, 4.69) is 31.3 Å². The number of hydrogen-bond acceptors (Lipinski definition) is 3. The number of unbranched alkanes of at least 4 members (excludes halogenated alkanes) is 26. The molecule has 0 aromatic rings. The summed E-state index contributed by atoms with van der Waals surface area (Å²) in [6, 6.07) is -0.535. The molecule has 0 bridgehead atoms. The normalized spacial score (nSPS) is 13.1. The number of rotatable bonds is 35. The molecule has 0 aromatic carbocycles. The lowest BCUT2D eigenvalue weighted by molar-refractivity contribution is -0.123. The second-order valence-corrected chi connectivity index (χ2v) is 13.4. The van der Waals surface area contributed by atoms with Crippen LogP contribution >= 0.6 is 0 Å². The monoisotopic (exact) mass is 608 g/mol. The highest BCUT2D eigenvalue weighted by molar-refractivity contribution is 5.76. The Morgan fingerprint density at radius 2 is 0.884 bits per heavy atom. The van der Waals surface area contributed by atoms with E-state index in [0.29, 0.717) is 12.8 Å². The molecule has 3 N–H and O–H groups in total. The molecule has 0 aliphatic rings. The van der Waals surface area contributed by atoms with Crippen molar-refractivity contribution >= 4 is 5.91 Å². The summed E-state index contributed by atoms with van der Waals surface area (Å²) < 4.78 is 0. The predicted molar refractivity (Wildman–Crippen MR) is 189 cm³/mol. The van der Waals surface area contributed by atoms with E-state index >= 15 is 0 Å². The first-order valence-electron chi connectivity index (χ1n) is 19.4. The third-order valence-corrected chi connectivity index (χ3v) is 9.03. The predicted octanol–water partition coefficient (Wildman–Crippen LogP) is 11.5. The molecule has 2 unspecified atom stereocenters. The van der Waals surface area contributed by atoms with Crippen LogP contribution in [0.5, 0.6) is 0 Å². The molecule has 2 atom stereocenters. The van der Waals surface area contributed by atoms with Gasteiger partial charge in [-0.2, -0.15) is 0 Å². The highest BCUT2D eigenvalue weighted by Gasteiger charge is 2.19. The number of carbonyl (C=O) groups is 1. The van der Waals surface area contributed by atoms with Crippen LogP contribution in [0.25, 0.3) is 0 Å². The Kier molecular flexibility index (Phi) is 34.9. The van der Waals surface area contributed by atoms with Crippen LogP contribution in [0, 0.1) is 0 Å². The number of allylic oxidation sites excluding steroid dienone is 2. The molecule has 0 saturated heterocycles. The van der Waals surface area contributed by atoms with Gasteiger partial charge >= 0.3 is 0 Å². The maximum atomic E-state index is 12.3. The van der Waals surface area contributed by atoms with Crippen molar-refractivity contribution < 1.29 is 15.0 Å². The molecule has 4 nitrogen and oxygen atoms in total. The summed E-state index contributed by atoms with van der Waals surface area (Å²) in [5.74, 6) is -0.0390. The lowest BCUT2D eigenvalue weighted by atomic mass is 10.0. The Hall–Kier alpha value is -0.870. The second kappa shape index (κ2) is 35.6. The van der Waals surface area contributed by atoms with E-state index in [1.807, 2.05) is 0 Å². The van der Waals surface area contributed by atoms with Gasteiger partial charge in [0.05, 0.1) is 18.8 Å². The highest BCUT2D eigenvalue weighted by atomic mass is 16.3. The molecule has 0 heterocycles. The maximum Gasteiger partial charge on any atom is 0.220 e. The fourth-order valence-corrected chi connectivity index (χ4v) is 6.00. The van der Waals surface area contributed by atoms with Gasteiger partial charge in [0, 0.05) is 6.42 Å². The molecule has 256 valence electrons. The first kappa shape index (κ1) is 42.1. The lowest BCUT2D eigenvalue weighted by Crippen LogP contribution is -2.45. The van der Waals surface area contributed by atoms with Crippen molar-refractivity contribution in [2.24, 2.45) is 0 Å². The SMILES string of the molecule is CCCCCCCCC/C=C\CCCCCCCC(=O)NC(CO)C(O)CCCCCCCCCCCCCCCCC. The van der Waals surface area contributed by atoms with Crippen molar-refractivity contribution in [1.82, 2.24) is 5.32 Å². The number of aliphatic hydroxyl groups excluding tert-OH is 2. The molecule has 0 spiro atoms. The van der Waals surface area contributed by atoms with Gasteiger partial charge in [-0.1, -0.05) is 180 Å². The molecule has 0 aromatic heterocycles. The Morgan fingerprint density at radius 1 is 0.535 bits per heavy atom. The van der Waals surface area contributed by atoms with Gasteiger partial charge < -0.3 is 15.5 Å². The standard InChI is InChI=1S/C39H77NO3/c1-3-5-7-9-11-13-15-17-19-21-23-25-27-29-31-33-35-39(43)40-37(36-41)38(42)34-32-30-28-26-24-22-20-18-16-14-12-10-8-6-4-2/h19,21,37-38,41-42H,3-18,20,22-36H2,1-2H3,(H,40,43)/b21-19-. The van der Waals surface area contributed by atoms with Gasteiger partial charge in [-0.15, -0.1) is 0 Å². The quantitative estimate of drug-likeness (QED) is 0.0496. The minimum absolute atomic E-state index is 0.0390. The molecule has 1 amide bonds. The minimum Gasteiger partial charge on any atom is -0.394 e. The van der Waals surface area contributed by atoms with Crippen LogP contribution < -0.4 is 5.32 Å². The first-order chi connectivity index (χ1) is 21.2. The van der Waals surface area contributed by atoms with Crippen LogP contribution in [-0.2, 0) is 4.79 Å². The van der Waals surface area contributed by atoms with E-state index in [-0.39, 0.29) is 12.5 Å². The van der Waals surface area contributed by atoms with Crippen molar-refractivity contribution in [1.29, 1.82) is 0 Å². The van der Waals surface area contributed by atoms with Crippen molar-refractivity contribution in [2.75, 3.05) is 6.61 Å². The third-order valence-electron chi connectivity index (χ3n) is 9.03. The van der Waals surface area contributed by atoms with E-state index in [1.54, 1.807) is 0 Å². The average molecular weight is 608 g/mol. The number of aliphatic hydroxyl groups is 2. The molecule has 0 aliphatic carbocycles. The van der Waals surface area contributed by atoms with Crippen LogP contribution in [0.15, 0.2) is 12.2 Å². The number of amides is 1. The number of nitrogens with one attached hydrogen (secondary N) is 1. The fourth-order valence-electron chi connectivity index (χ4n) is 6.00.